The molecule has 0 aromatic heterocycles. The van der Waals surface area contributed by atoms with Crippen molar-refractivity contribution >= 4 is 5.91 Å². The van der Waals surface area contributed by atoms with Gasteiger partial charge in [-0.3, -0.25) is 4.79 Å². The third-order valence-corrected chi connectivity index (χ3v) is 3.76. The van der Waals surface area contributed by atoms with Crippen molar-refractivity contribution < 1.29 is 4.79 Å². The molecular weight excluding hydrogens is 224 g/mol. The number of aryl methyl sites for hydroxylation is 2. The number of nitrogens with zero attached hydrogens (tertiary/aromatic N) is 1. The van der Waals surface area contributed by atoms with Gasteiger partial charge in [-0.1, -0.05) is 24.3 Å². The lowest BCUT2D eigenvalue weighted by molar-refractivity contribution is -0.132. The van der Waals surface area contributed by atoms with E-state index < -0.39 is 0 Å². The van der Waals surface area contributed by atoms with Gasteiger partial charge in [0, 0.05) is 32.6 Å². The second-order valence-corrected chi connectivity index (χ2v) is 5.04. The predicted octanol–water partition coefficient (Wildman–Crippen LogP) is 1.75. The SMILES string of the molecule is CC(=O)N1CCNCC1CCc1ccccc1C. The number of benzene rings is 1. The first kappa shape index (κ1) is 13.1. The number of hydrogen-bond donors (Lipinski definition) is 1. The molecule has 18 heavy (non-hydrogen) atoms. The van der Waals surface area contributed by atoms with E-state index in [2.05, 4.69) is 36.5 Å². The topological polar surface area (TPSA) is 32.3 Å². The summed E-state index contributed by atoms with van der Waals surface area (Å²) in [5.74, 6) is 0.200. The zero-order chi connectivity index (χ0) is 13.0. The summed E-state index contributed by atoms with van der Waals surface area (Å²) in [6.45, 7) is 6.50. The Balaban J connectivity index is 1.96. The highest BCUT2D eigenvalue weighted by Gasteiger charge is 2.23. The van der Waals surface area contributed by atoms with Crippen molar-refractivity contribution in [3.8, 4) is 0 Å². The normalized spacial score (nSPS) is 19.9. The first-order valence-corrected chi connectivity index (χ1v) is 6.71. The monoisotopic (exact) mass is 246 g/mol. The molecule has 0 aliphatic carbocycles. The van der Waals surface area contributed by atoms with Crippen LogP contribution in [0.5, 0.6) is 0 Å². The van der Waals surface area contributed by atoms with Crippen LogP contribution in [-0.4, -0.2) is 36.5 Å². The van der Waals surface area contributed by atoms with E-state index in [1.807, 2.05) is 4.90 Å². The molecule has 1 aliphatic rings. The van der Waals surface area contributed by atoms with Crippen molar-refractivity contribution in [1.29, 1.82) is 0 Å². The number of hydrogen-bond acceptors (Lipinski definition) is 2. The molecular formula is C15H22N2O. The Labute approximate surface area is 109 Å². The Morgan fingerprint density at radius 1 is 1.44 bits per heavy atom. The van der Waals surface area contributed by atoms with E-state index in [1.165, 1.54) is 11.1 Å². The summed E-state index contributed by atoms with van der Waals surface area (Å²) in [4.78, 5) is 13.6. The van der Waals surface area contributed by atoms with Gasteiger partial charge in [-0.2, -0.15) is 0 Å². The molecule has 0 saturated carbocycles. The minimum Gasteiger partial charge on any atom is -0.337 e. The van der Waals surface area contributed by atoms with E-state index in [0.717, 1.165) is 32.5 Å². The van der Waals surface area contributed by atoms with Gasteiger partial charge in [0.1, 0.15) is 0 Å². The van der Waals surface area contributed by atoms with Gasteiger partial charge in [-0.05, 0) is 30.9 Å². The Morgan fingerprint density at radius 2 is 2.22 bits per heavy atom. The lowest BCUT2D eigenvalue weighted by Gasteiger charge is -2.35. The average molecular weight is 246 g/mol. The Bertz CT molecular complexity index is 417. The standard InChI is InChI=1S/C15H22N2O/c1-12-5-3-4-6-14(12)7-8-15-11-16-9-10-17(15)13(2)18/h3-6,15-16H,7-11H2,1-2H3. The van der Waals surface area contributed by atoms with Crippen molar-refractivity contribution in [2.24, 2.45) is 0 Å². The third kappa shape index (κ3) is 3.10. The first-order valence-electron chi connectivity index (χ1n) is 6.71. The fraction of sp³-hybridized carbons (Fsp3) is 0.533. The van der Waals surface area contributed by atoms with E-state index in [-0.39, 0.29) is 5.91 Å². The van der Waals surface area contributed by atoms with Crippen molar-refractivity contribution in [1.82, 2.24) is 10.2 Å². The number of carbonyl (C=O) groups excluding carboxylic acids is 1. The summed E-state index contributed by atoms with van der Waals surface area (Å²) in [6.07, 6.45) is 2.08. The van der Waals surface area contributed by atoms with Crippen LogP contribution in [0.3, 0.4) is 0 Å². The van der Waals surface area contributed by atoms with Crippen LogP contribution in [0, 0.1) is 6.92 Å². The lowest BCUT2D eigenvalue weighted by atomic mass is 9.99. The molecule has 1 aromatic carbocycles. The summed E-state index contributed by atoms with van der Waals surface area (Å²) in [5.41, 5.74) is 2.74. The molecule has 98 valence electrons. The van der Waals surface area contributed by atoms with E-state index >= 15 is 0 Å². The minimum absolute atomic E-state index is 0.200. The molecule has 1 fully saturated rings. The molecule has 0 radical (unpaired) electrons. The fourth-order valence-corrected chi connectivity index (χ4v) is 2.65. The molecule has 2 rings (SSSR count). The van der Waals surface area contributed by atoms with Gasteiger partial charge in [0.2, 0.25) is 5.91 Å². The van der Waals surface area contributed by atoms with Crippen LogP contribution in [0.4, 0.5) is 0 Å². The molecule has 3 heteroatoms. The highest BCUT2D eigenvalue weighted by molar-refractivity contribution is 5.73. The number of carbonyl (C=O) groups is 1. The summed E-state index contributed by atoms with van der Waals surface area (Å²) in [6, 6.07) is 8.84. The van der Waals surface area contributed by atoms with Crippen LogP contribution in [0.2, 0.25) is 0 Å². The second kappa shape index (κ2) is 6.01. The zero-order valence-electron chi connectivity index (χ0n) is 11.3. The average Bonchev–Trinajstić information content (AvgIpc) is 2.38. The maximum Gasteiger partial charge on any atom is 0.219 e. The molecule has 1 amide bonds. The molecule has 1 heterocycles. The molecule has 1 aliphatic heterocycles. The van der Waals surface area contributed by atoms with Gasteiger partial charge in [0.25, 0.3) is 0 Å². The van der Waals surface area contributed by atoms with Gasteiger partial charge >= 0.3 is 0 Å². The van der Waals surface area contributed by atoms with E-state index in [0.29, 0.717) is 6.04 Å². The van der Waals surface area contributed by atoms with E-state index in [1.54, 1.807) is 6.92 Å². The number of rotatable bonds is 3. The van der Waals surface area contributed by atoms with Crippen LogP contribution in [0.1, 0.15) is 24.5 Å². The van der Waals surface area contributed by atoms with Gasteiger partial charge in [0.15, 0.2) is 0 Å². The van der Waals surface area contributed by atoms with Gasteiger partial charge < -0.3 is 10.2 Å². The van der Waals surface area contributed by atoms with Crippen LogP contribution in [0.15, 0.2) is 24.3 Å². The molecule has 1 N–H and O–H groups in total. The number of amides is 1. The smallest absolute Gasteiger partial charge is 0.219 e. The Kier molecular flexibility index (Phi) is 4.37. The van der Waals surface area contributed by atoms with Crippen LogP contribution in [-0.2, 0) is 11.2 Å². The summed E-state index contributed by atoms with van der Waals surface area (Å²) < 4.78 is 0. The second-order valence-electron chi connectivity index (χ2n) is 5.04. The fourth-order valence-electron chi connectivity index (χ4n) is 2.65. The van der Waals surface area contributed by atoms with Crippen molar-refractivity contribution in [2.75, 3.05) is 19.6 Å². The molecule has 1 unspecified atom stereocenters. The van der Waals surface area contributed by atoms with E-state index in [4.69, 9.17) is 0 Å². The lowest BCUT2D eigenvalue weighted by Crippen LogP contribution is -2.53. The summed E-state index contributed by atoms with van der Waals surface area (Å²) in [5, 5.41) is 3.38. The molecule has 3 nitrogen and oxygen atoms in total. The van der Waals surface area contributed by atoms with Crippen LogP contribution < -0.4 is 5.32 Å². The maximum absolute atomic E-state index is 11.6. The molecule has 1 atom stereocenters. The van der Waals surface area contributed by atoms with Crippen molar-refractivity contribution in [2.45, 2.75) is 32.7 Å². The van der Waals surface area contributed by atoms with Gasteiger partial charge in [0.05, 0.1) is 0 Å². The van der Waals surface area contributed by atoms with Crippen molar-refractivity contribution in [3.63, 3.8) is 0 Å². The highest BCUT2D eigenvalue weighted by atomic mass is 16.2. The van der Waals surface area contributed by atoms with Crippen LogP contribution in [0.25, 0.3) is 0 Å². The predicted molar refractivity (Wildman–Crippen MR) is 73.5 cm³/mol. The summed E-state index contributed by atoms with van der Waals surface area (Å²) >= 11 is 0. The number of piperazine rings is 1. The van der Waals surface area contributed by atoms with Gasteiger partial charge in [-0.25, -0.2) is 0 Å². The zero-order valence-corrected chi connectivity index (χ0v) is 11.3. The highest BCUT2D eigenvalue weighted by Crippen LogP contribution is 2.14. The maximum atomic E-state index is 11.6. The number of nitrogens with one attached hydrogen (secondary N) is 1. The Morgan fingerprint density at radius 3 is 2.94 bits per heavy atom. The molecule has 0 spiro atoms. The summed E-state index contributed by atoms with van der Waals surface area (Å²) in [7, 11) is 0. The third-order valence-electron chi connectivity index (χ3n) is 3.76. The minimum atomic E-state index is 0.200. The molecule has 0 bridgehead atoms. The largest absolute Gasteiger partial charge is 0.337 e. The Hall–Kier alpha value is -1.35. The quantitative estimate of drug-likeness (QED) is 0.881. The van der Waals surface area contributed by atoms with Crippen molar-refractivity contribution in [3.05, 3.63) is 35.4 Å². The molecule has 1 saturated heterocycles. The van der Waals surface area contributed by atoms with E-state index in [9.17, 15) is 4.79 Å². The molecule has 1 aromatic rings. The first-order chi connectivity index (χ1) is 8.68. The van der Waals surface area contributed by atoms with Crippen LogP contribution >= 0.6 is 0 Å². The van der Waals surface area contributed by atoms with Gasteiger partial charge in [-0.15, -0.1) is 0 Å².